The first-order valence-electron chi connectivity index (χ1n) is 6.96. The van der Waals surface area contributed by atoms with Gasteiger partial charge < -0.3 is 10.4 Å². The lowest BCUT2D eigenvalue weighted by molar-refractivity contribution is -0.384. The molecule has 0 saturated carbocycles. The summed E-state index contributed by atoms with van der Waals surface area (Å²) in [4.78, 5) is 24.0. The predicted octanol–water partition coefficient (Wildman–Crippen LogP) is 1.24. The van der Waals surface area contributed by atoms with Crippen molar-refractivity contribution >= 4 is 17.3 Å². The maximum atomic E-state index is 11.9. The SMILES string of the molecule is O=C(CN1CCC(CCO)C1)Nc1ccc([N+](=O)[O-])cc1. The fourth-order valence-corrected chi connectivity index (χ4v) is 2.54. The minimum Gasteiger partial charge on any atom is -0.396 e. The van der Waals surface area contributed by atoms with Gasteiger partial charge in [-0.2, -0.15) is 0 Å². The molecule has 1 atom stereocenters. The summed E-state index contributed by atoms with van der Waals surface area (Å²) in [6, 6.07) is 5.77. The van der Waals surface area contributed by atoms with Gasteiger partial charge in [-0.3, -0.25) is 19.8 Å². The molecule has 0 aromatic heterocycles. The molecule has 2 rings (SSSR count). The average molecular weight is 293 g/mol. The number of amides is 1. The zero-order chi connectivity index (χ0) is 15.2. The van der Waals surface area contributed by atoms with Crippen molar-refractivity contribution in [3.63, 3.8) is 0 Å². The Labute approximate surface area is 122 Å². The summed E-state index contributed by atoms with van der Waals surface area (Å²) in [5.74, 6) is 0.329. The molecule has 0 radical (unpaired) electrons. The summed E-state index contributed by atoms with van der Waals surface area (Å²) in [5, 5.41) is 22.2. The molecular weight excluding hydrogens is 274 g/mol. The molecule has 1 aliphatic heterocycles. The van der Waals surface area contributed by atoms with Crippen LogP contribution in [0.25, 0.3) is 0 Å². The van der Waals surface area contributed by atoms with E-state index in [1.807, 2.05) is 0 Å². The van der Waals surface area contributed by atoms with Crippen molar-refractivity contribution in [2.45, 2.75) is 12.8 Å². The number of aliphatic hydroxyl groups is 1. The standard InChI is InChI=1S/C14H19N3O4/c18-8-6-11-5-7-16(9-11)10-14(19)15-12-1-3-13(4-2-12)17(20)21/h1-4,11,18H,5-10H2,(H,15,19). The van der Waals surface area contributed by atoms with E-state index in [-0.39, 0.29) is 18.2 Å². The minimum atomic E-state index is -0.475. The van der Waals surface area contributed by atoms with E-state index >= 15 is 0 Å². The lowest BCUT2D eigenvalue weighted by Crippen LogP contribution is -2.31. The summed E-state index contributed by atoms with van der Waals surface area (Å²) in [5.41, 5.74) is 0.552. The number of non-ortho nitro benzene ring substituents is 1. The first-order valence-corrected chi connectivity index (χ1v) is 6.96. The lowest BCUT2D eigenvalue weighted by atomic mass is 10.1. The summed E-state index contributed by atoms with van der Waals surface area (Å²) in [6.45, 7) is 2.18. The number of carbonyl (C=O) groups is 1. The number of rotatable bonds is 6. The molecule has 0 bridgehead atoms. The molecule has 1 fully saturated rings. The van der Waals surface area contributed by atoms with Crippen LogP contribution in [0, 0.1) is 16.0 Å². The van der Waals surface area contributed by atoms with Crippen molar-refractivity contribution in [1.29, 1.82) is 0 Å². The first-order chi connectivity index (χ1) is 10.1. The number of hydrogen-bond donors (Lipinski definition) is 2. The number of nitrogens with zero attached hydrogens (tertiary/aromatic N) is 2. The van der Waals surface area contributed by atoms with Gasteiger partial charge in [0.1, 0.15) is 0 Å². The van der Waals surface area contributed by atoms with Crippen LogP contribution in [0.4, 0.5) is 11.4 Å². The Balaban J connectivity index is 1.80. The Bertz CT molecular complexity index is 503. The number of aliphatic hydroxyl groups excluding tert-OH is 1. The molecule has 1 unspecified atom stereocenters. The number of anilines is 1. The molecule has 2 N–H and O–H groups in total. The quantitative estimate of drug-likeness (QED) is 0.607. The minimum absolute atomic E-state index is 0.000567. The van der Waals surface area contributed by atoms with Crippen LogP contribution in [0.15, 0.2) is 24.3 Å². The van der Waals surface area contributed by atoms with Gasteiger partial charge in [0.05, 0.1) is 11.5 Å². The van der Waals surface area contributed by atoms with Gasteiger partial charge in [-0.15, -0.1) is 0 Å². The second-order valence-electron chi connectivity index (χ2n) is 5.25. The summed E-state index contributed by atoms with van der Waals surface area (Å²) in [6.07, 6.45) is 1.78. The van der Waals surface area contributed by atoms with Crippen LogP contribution in [0.5, 0.6) is 0 Å². The van der Waals surface area contributed by atoms with Crippen LogP contribution in [0.1, 0.15) is 12.8 Å². The van der Waals surface area contributed by atoms with Crippen LogP contribution >= 0.6 is 0 Å². The Morgan fingerprint density at radius 2 is 2.14 bits per heavy atom. The van der Waals surface area contributed by atoms with E-state index in [1.54, 1.807) is 0 Å². The van der Waals surface area contributed by atoms with E-state index in [1.165, 1.54) is 24.3 Å². The Morgan fingerprint density at radius 3 is 2.76 bits per heavy atom. The highest BCUT2D eigenvalue weighted by atomic mass is 16.6. The van der Waals surface area contributed by atoms with E-state index < -0.39 is 4.92 Å². The molecule has 1 amide bonds. The van der Waals surface area contributed by atoms with E-state index in [2.05, 4.69) is 10.2 Å². The van der Waals surface area contributed by atoms with Crippen molar-refractivity contribution in [1.82, 2.24) is 4.90 Å². The fourth-order valence-electron chi connectivity index (χ4n) is 2.54. The van der Waals surface area contributed by atoms with Gasteiger partial charge in [0.15, 0.2) is 0 Å². The largest absolute Gasteiger partial charge is 0.396 e. The second-order valence-corrected chi connectivity index (χ2v) is 5.25. The van der Waals surface area contributed by atoms with Crippen LogP contribution in [-0.4, -0.2) is 47.1 Å². The molecule has 1 aromatic carbocycles. The molecule has 114 valence electrons. The van der Waals surface area contributed by atoms with Crippen molar-refractivity contribution < 1.29 is 14.8 Å². The number of likely N-dealkylation sites (tertiary alicyclic amines) is 1. The van der Waals surface area contributed by atoms with E-state index in [0.717, 1.165) is 25.9 Å². The highest BCUT2D eigenvalue weighted by molar-refractivity contribution is 5.92. The van der Waals surface area contributed by atoms with Crippen molar-refractivity contribution in [3.05, 3.63) is 34.4 Å². The molecule has 1 heterocycles. The first kappa shape index (κ1) is 15.4. The lowest BCUT2D eigenvalue weighted by Gasteiger charge is -2.15. The van der Waals surface area contributed by atoms with Gasteiger partial charge in [0.25, 0.3) is 5.69 Å². The van der Waals surface area contributed by atoms with Crippen LogP contribution in [-0.2, 0) is 4.79 Å². The van der Waals surface area contributed by atoms with Gasteiger partial charge in [-0.25, -0.2) is 0 Å². The van der Waals surface area contributed by atoms with E-state index in [4.69, 9.17) is 5.11 Å². The van der Waals surface area contributed by atoms with Gasteiger partial charge in [0, 0.05) is 31.0 Å². The molecule has 21 heavy (non-hydrogen) atoms. The Kier molecular flexibility index (Phi) is 5.24. The normalized spacial score (nSPS) is 18.6. The van der Waals surface area contributed by atoms with Crippen LogP contribution in [0.2, 0.25) is 0 Å². The van der Waals surface area contributed by atoms with E-state index in [0.29, 0.717) is 18.2 Å². The smallest absolute Gasteiger partial charge is 0.269 e. The predicted molar refractivity (Wildman–Crippen MR) is 78.0 cm³/mol. The molecule has 1 aliphatic rings. The highest BCUT2D eigenvalue weighted by Gasteiger charge is 2.23. The summed E-state index contributed by atoms with van der Waals surface area (Å²) in [7, 11) is 0. The topological polar surface area (TPSA) is 95.7 Å². The zero-order valence-corrected chi connectivity index (χ0v) is 11.7. The maximum Gasteiger partial charge on any atom is 0.269 e. The van der Waals surface area contributed by atoms with Gasteiger partial charge in [-0.1, -0.05) is 0 Å². The average Bonchev–Trinajstić information content (AvgIpc) is 2.87. The monoisotopic (exact) mass is 293 g/mol. The molecule has 1 aromatic rings. The van der Waals surface area contributed by atoms with Gasteiger partial charge in [-0.05, 0) is 37.4 Å². The summed E-state index contributed by atoms with van der Waals surface area (Å²) >= 11 is 0. The number of nitrogens with one attached hydrogen (secondary N) is 1. The number of benzene rings is 1. The number of carbonyl (C=O) groups excluding carboxylic acids is 1. The number of nitro benzene ring substituents is 1. The molecule has 1 saturated heterocycles. The Morgan fingerprint density at radius 1 is 1.43 bits per heavy atom. The second kappa shape index (κ2) is 7.14. The third kappa shape index (κ3) is 4.51. The third-order valence-corrected chi connectivity index (χ3v) is 3.64. The Hall–Kier alpha value is -1.99. The van der Waals surface area contributed by atoms with Crippen molar-refractivity contribution in [3.8, 4) is 0 Å². The molecule has 7 heteroatoms. The van der Waals surface area contributed by atoms with Crippen molar-refractivity contribution in [2.75, 3.05) is 31.6 Å². The van der Waals surface area contributed by atoms with Gasteiger partial charge >= 0.3 is 0 Å². The third-order valence-electron chi connectivity index (χ3n) is 3.64. The number of nitro groups is 1. The van der Waals surface area contributed by atoms with E-state index in [9.17, 15) is 14.9 Å². The molecule has 7 nitrogen and oxygen atoms in total. The van der Waals surface area contributed by atoms with Crippen LogP contribution in [0.3, 0.4) is 0 Å². The van der Waals surface area contributed by atoms with Crippen LogP contribution < -0.4 is 5.32 Å². The van der Waals surface area contributed by atoms with Gasteiger partial charge in [0.2, 0.25) is 5.91 Å². The highest BCUT2D eigenvalue weighted by Crippen LogP contribution is 2.19. The summed E-state index contributed by atoms with van der Waals surface area (Å²) < 4.78 is 0. The fraction of sp³-hybridized carbons (Fsp3) is 0.500. The van der Waals surface area contributed by atoms with Crippen molar-refractivity contribution in [2.24, 2.45) is 5.92 Å². The molecule has 0 aliphatic carbocycles. The number of hydrogen-bond acceptors (Lipinski definition) is 5. The zero-order valence-electron chi connectivity index (χ0n) is 11.7. The molecular formula is C14H19N3O4. The molecule has 0 spiro atoms. The maximum absolute atomic E-state index is 11.9.